The summed E-state index contributed by atoms with van der Waals surface area (Å²) in [6.07, 6.45) is 2.41. The molecular weight excluding hydrogens is 290 g/mol. The smallest absolute Gasteiger partial charge is 0.305 e. The lowest BCUT2D eigenvalue weighted by Gasteiger charge is -2.16. The standard InChI is InChI=1S/C16H22ClNO3/c1-3-4-13(10-16(20)21)18-15(19)8-7-12-6-5-11(2)14(17)9-12/h5-6,9,13H,3-4,7-8,10H2,1-2H3,(H,18,19)(H,20,21). The van der Waals surface area contributed by atoms with E-state index in [9.17, 15) is 9.59 Å². The van der Waals surface area contributed by atoms with Crippen molar-refractivity contribution >= 4 is 23.5 Å². The molecule has 0 aliphatic heterocycles. The molecule has 116 valence electrons. The number of rotatable bonds is 8. The molecule has 5 heteroatoms. The first kappa shape index (κ1) is 17.5. The summed E-state index contributed by atoms with van der Waals surface area (Å²) in [6.45, 7) is 3.90. The van der Waals surface area contributed by atoms with Crippen LogP contribution in [0.2, 0.25) is 5.02 Å². The van der Waals surface area contributed by atoms with Crippen molar-refractivity contribution < 1.29 is 14.7 Å². The first-order valence-electron chi connectivity index (χ1n) is 7.18. The third kappa shape index (κ3) is 6.63. The molecule has 0 spiro atoms. The molecule has 0 radical (unpaired) electrons. The van der Waals surface area contributed by atoms with Gasteiger partial charge in [-0.3, -0.25) is 9.59 Å². The third-order valence-electron chi connectivity index (χ3n) is 3.30. The van der Waals surface area contributed by atoms with E-state index in [1.165, 1.54) is 0 Å². The lowest BCUT2D eigenvalue weighted by Crippen LogP contribution is -2.36. The van der Waals surface area contributed by atoms with Gasteiger partial charge in [-0.1, -0.05) is 37.1 Å². The summed E-state index contributed by atoms with van der Waals surface area (Å²) in [4.78, 5) is 22.6. The van der Waals surface area contributed by atoms with E-state index in [-0.39, 0.29) is 18.4 Å². The van der Waals surface area contributed by atoms with Crippen LogP contribution in [0.25, 0.3) is 0 Å². The van der Waals surface area contributed by atoms with E-state index in [2.05, 4.69) is 5.32 Å². The molecule has 1 rings (SSSR count). The highest BCUT2D eigenvalue weighted by atomic mass is 35.5. The zero-order chi connectivity index (χ0) is 15.8. The molecule has 4 nitrogen and oxygen atoms in total. The molecule has 0 aromatic heterocycles. The molecule has 0 fully saturated rings. The summed E-state index contributed by atoms with van der Waals surface area (Å²) in [5.41, 5.74) is 2.01. The van der Waals surface area contributed by atoms with Crippen LogP contribution in [-0.4, -0.2) is 23.0 Å². The predicted molar refractivity (Wildman–Crippen MR) is 83.6 cm³/mol. The molecule has 21 heavy (non-hydrogen) atoms. The lowest BCUT2D eigenvalue weighted by atomic mass is 10.1. The average molecular weight is 312 g/mol. The lowest BCUT2D eigenvalue weighted by molar-refractivity contribution is -0.137. The van der Waals surface area contributed by atoms with Gasteiger partial charge in [-0.25, -0.2) is 0 Å². The zero-order valence-electron chi connectivity index (χ0n) is 12.5. The predicted octanol–water partition coefficient (Wildman–Crippen LogP) is 3.34. The Morgan fingerprint density at radius 3 is 2.67 bits per heavy atom. The fourth-order valence-electron chi connectivity index (χ4n) is 2.13. The molecule has 0 saturated carbocycles. The molecule has 1 aromatic carbocycles. The summed E-state index contributed by atoms with van der Waals surface area (Å²) in [6, 6.07) is 5.46. The number of amides is 1. The van der Waals surface area contributed by atoms with Crippen LogP contribution in [0.15, 0.2) is 18.2 Å². The number of hydrogen-bond acceptors (Lipinski definition) is 2. The maximum Gasteiger partial charge on any atom is 0.305 e. The van der Waals surface area contributed by atoms with Crippen molar-refractivity contribution in [2.45, 2.75) is 52.0 Å². The summed E-state index contributed by atoms with van der Waals surface area (Å²) >= 11 is 6.05. The van der Waals surface area contributed by atoms with Crippen molar-refractivity contribution in [3.8, 4) is 0 Å². The molecule has 1 atom stereocenters. The van der Waals surface area contributed by atoms with Crippen LogP contribution in [-0.2, 0) is 16.0 Å². The fourth-order valence-corrected chi connectivity index (χ4v) is 2.34. The van der Waals surface area contributed by atoms with Gasteiger partial charge in [0.2, 0.25) is 5.91 Å². The summed E-state index contributed by atoms with van der Waals surface area (Å²) < 4.78 is 0. The molecule has 1 amide bonds. The average Bonchev–Trinajstić information content (AvgIpc) is 2.39. The van der Waals surface area contributed by atoms with Crippen molar-refractivity contribution in [2.24, 2.45) is 0 Å². The van der Waals surface area contributed by atoms with Crippen molar-refractivity contribution in [2.75, 3.05) is 0 Å². The van der Waals surface area contributed by atoms with Gasteiger partial charge in [0, 0.05) is 17.5 Å². The van der Waals surface area contributed by atoms with Crippen LogP contribution in [0.1, 0.15) is 43.7 Å². The largest absolute Gasteiger partial charge is 0.481 e. The Morgan fingerprint density at radius 1 is 1.38 bits per heavy atom. The Balaban J connectivity index is 2.48. The van der Waals surface area contributed by atoms with E-state index in [0.717, 1.165) is 17.5 Å². The van der Waals surface area contributed by atoms with E-state index in [0.29, 0.717) is 24.3 Å². The number of aliphatic carboxylic acids is 1. The third-order valence-corrected chi connectivity index (χ3v) is 3.71. The first-order valence-corrected chi connectivity index (χ1v) is 7.56. The molecular formula is C16H22ClNO3. The SMILES string of the molecule is CCCC(CC(=O)O)NC(=O)CCc1ccc(C)c(Cl)c1. The van der Waals surface area contributed by atoms with Crippen LogP contribution in [0.3, 0.4) is 0 Å². The van der Waals surface area contributed by atoms with Gasteiger partial charge in [0.05, 0.1) is 6.42 Å². The number of nitrogens with one attached hydrogen (secondary N) is 1. The monoisotopic (exact) mass is 311 g/mol. The number of carbonyl (C=O) groups is 2. The second kappa shape index (κ2) is 8.67. The van der Waals surface area contributed by atoms with E-state index in [1.54, 1.807) is 0 Å². The minimum atomic E-state index is -0.890. The van der Waals surface area contributed by atoms with Crippen molar-refractivity contribution in [3.05, 3.63) is 34.3 Å². The van der Waals surface area contributed by atoms with Gasteiger partial charge in [-0.15, -0.1) is 0 Å². The van der Waals surface area contributed by atoms with Crippen LogP contribution in [0.5, 0.6) is 0 Å². The Morgan fingerprint density at radius 2 is 2.10 bits per heavy atom. The Hall–Kier alpha value is -1.55. The Labute approximate surface area is 130 Å². The molecule has 1 unspecified atom stereocenters. The van der Waals surface area contributed by atoms with Gasteiger partial charge in [-0.2, -0.15) is 0 Å². The van der Waals surface area contributed by atoms with Gasteiger partial charge in [0.1, 0.15) is 0 Å². The first-order chi connectivity index (χ1) is 9.92. The van der Waals surface area contributed by atoms with Crippen molar-refractivity contribution in [1.29, 1.82) is 0 Å². The highest BCUT2D eigenvalue weighted by molar-refractivity contribution is 6.31. The number of benzene rings is 1. The highest BCUT2D eigenvalue weighted by Gasteiger charge is 2.15. The Bertz CT molecular complexity index is 502. The van der Waals surface area contributed by atoms with E-state index >= 15 is 0 Å². The number of halogens is 1. The van der Waals surface area contributed by atoms with Gasteiger partial charge in [-0.05, 0) is 37.0 Å². The van der Waals surface area contributed by atoms with Gasteiger partial charge >= 0.3 is 5.97 Å². The van der Waals surface area contributed by atoms with Crippen LogP contribution < -0.4 is 5.32 Å². The molecule has 0 aliphatic carbocycles. The second-order valence-electron chi connectivity index (χ2n) is 5.23. The normalized spacial score (nSPS) is 12.0. The maximum atomic E-state index is 11.9. The number of carboxylic acids is 1. The molecule has 0 heterocycles. The van der Waals surface area contributed by atoms with E-state index in [4.69, 9.17) is 16.7 Å². The number of carboxylic acid groups (broad SMARTS) is 1. The van der Waals surface area contributed by atoms with Gasteiger partial charge in [0.15, 0.2) is 0 Å². The number of aryl methyl sites for hydroxylation is 2. The molecule has 0 bridgehead atoms. The Kier molecular flexibility index (Phi) is 7.23. The van der Waals surface area contributed by atoms with Crippen LogP contribution >= 0.6 is 11.6 Å². The maximum absolute atomic E-state index is 11.9. The van der Waals surface area contributed by atoms with E-state index < -0.39 is 5.97 Å². The van der Waals surface area contributed by atoms with E-state index in [1.807, 2.05) is 32.0 Å². The molecule has 2 N–H and O–H groups in total. The van der Waals surface area contributed by atoms with Crippen molar-refractivity contribution in [1.82, 2.24) is 5.32 Å². The molecule has 0 aliphatic rings. The second-order valence-corrected chi connectivity index (χ2v) is 5.64. The fraction of sp³-hybridized carbons (Fsp3) is 0.500. The number of hydrogen-bond donors (Lipinski definition) is 2. The zero-order valence-corrected chi connectivity index (χ0v) is 13.2. The molecule has 0 saturated heterocycles. The number of carbonyl (C=O) groups excluding carboxylic acids is 1. The van der Waals surface area contributed by atoms with Crippen molar-refractivity contribution in [3.63, 3.8) is 0 Å². The quantitative estimate of drug-likeness (QED) is 0.773. The minimum absolute atomic E-state index is 0.0318. The van der Waals surface area contributed by atoms with Crippen LogP contribution in [0.4, 0.5) is 0 Å². The van der Waals surface area contributed by atoms with Gasteiger partial charge < -0.3 is 10.4 Å². The van der Waals surface area contributed by atoms with Crippen LogP contribution in [0, 0.1) is 6.92 Å². The summed E-state index contributed by atoms with van der Waals surface area (Å²) in [5.74, 6) is -1.01. The molecule has 1 aromatic rings. The summed E-state index contributed by atoms with van der Waals surface area (Å²) in [5, 5.41) is 12.3. The van der Waals surface area contributed by atoms with Gasteiger partial charge in [0.25, 0.3) is 0 Å². The topological polar surface area (TPSA) is 66.4 Å². The highest BCUT2D eigenvalue weighted by Crippen LogP contribution is 2.17. The minimum Gasteiger partial charge on any atom is -0.481 e. The summed E-state index contributed by atoms with van der Waals surface area (Å²) in [7, 11) is 0.